The van der Waals surface area contributed by atoms with Gasteiger partial charge in [0.15, 0.2) is 0 Å². The van der Waals surface area contributed by atoms with Crippen LogP contribution in [0.4, 0.5) is 0 Å². The molecule has 1 atom stereocenters. The van der Waals surface area contributed by atoms with E-state index in [4.69, 9.17) is 0 Å². The van der Waals surface area contributed by atoms with Crippen molar-refractivity contribution in [2.45, 2.75) is 58.8 Å². The largest absolute Gasteiger partial charge is 0.303 e. The van der Waals surface area contributed by atoms with E-state index in [2.05, 4.69) is 68.4 Å². The van der Waals surface area contributed by atoms with Crippen LogP contribution in [-0.4, -0.2) is 6.29 Å². The van der Waals surface area contributed by atoms with Crippen molar-refractivity contribution in [3.8, 4) is 0 Å². The number of aldehydes is 1. The number of benzene rings is 2. The van der Waals surface area contributed by atoms with E-state index >= 15 is 0 Å². The van der Waals surface area contributed by atoms with E-state index < -0.39 is 0 Å². The van der Waals surface area contributed by atoms with Gasteiger partial charge in [0.2, 0.25) is 0 Å². The summed E-state index contributed by atoms with van der Waals surface area (Å²) in [5.74, 6) is 0. The quantitative estimate of drug-likeness (QED) is 0.491. The molecule has 0 aliphatic heterocycles. The fraction of sp³-hybridized carbons (Fsp3) is 0.435. The van der Waals surface area contributed by atoms with Crippen molar-refractivity contribution in [3.05, 3.63) is 71.3 Å². The van der Waals surface area contributed by atoms with Crippen LogP contribution >= 0.6 is 0 Å². The van der Waals surface area contributed by atoms with Crippen LogP contribution in [0.1, 0.15) is 62.6 Å². The fourth-order valence-corrected chi connectivity index (χ4v) is 3.38. The predicted molar refractivity (Wildman–Crippen MR) is 102 cm³/mol. The number of hydrogen-bond acceptors (Lipinski definition) is 1. The maximum Gasteiger partial charge on any atom is 0.126 e. The molecule has 0 aromatic heterocycles. The number of carbonyl (C=O) groups excluding carboxylic acids is 1. The van der Waals surface area contributed by atoms with Gasteiger partial charge in [0.05, 0.1) is 0 Å². The Morgan fingerprint density at radius 2 is 1.54 bits per heavy atom. The Hall–Kier alpha value is -1.89. The molecule has 0 aliphatic rings. The highest BCUT2D eigenvalue weighted by molar-refractivity contribution is 5.59. The molecule has 128 valence electrons. The molecule has 0 amide bonds. The molecule has 0 saturated heterocycles. The third kappa shape index (κ3) is 5.06. The third-order valence-electron chi connectivity index (χ3n) is 5.23. The third-order valence-corrected chi connectivity index (χ3v) is 5.23. The van der Waals surface area contributed by atoms with Crippen LogP contribution in [-0.2, 0) is 17.6 Å². The first-order valence-corrected chi connectivity index (χ1v) is 9.30. The minimum absolute atomic E-state index is 0.143. The molecule has 2 rings (SSSR count). The average molecular weight is 322 g/mol. The standard InChI is InChI=1S/C23H30O/c1-3-5-16-23(4-2,19-24)17-15-21-13-9-10-14-22(21)18-20-11-7-6-8-12-20/h6-14,19H,3-5,15-18H2,1-2H3. The van der Waals surface area contributed by atoms with Crippen LogP contribution in [0.15, 0.2) is 54.6 Å². The zero-order valence-corrected chi connectivity index (χ0v) is 15.1. The molecule has 2 aromatic carbocycles. The van der Waals surface area contributed by atoms with Gasteiger partial charge in [-0.2, -0.15) is 0 Å². The average Bonchev–Trinajstić information content (AvgIpc) is 2.64. The molecule has 0 spiro atoms. The molecule has 0 N–H and O–H groups in total. The van der Waals surface area contributed by atoms with Crippen LogP contribution in [0.2, 0.25) is 0 Å². The lowest BCUT2D eigenvalue weighted by Gasteiger charge is -2.27. The van der Waals surface area contributed by atoms with Gasteiger partial charge in [-0.25, -0.2) is 0 Å². The second-order valence-corrected chi connectivity index (χ2v) is 6.87. The van der Waals surface area contributed by atoms with Gasteiger partial charge in [0, 0.05) is 5.41 Å². The second-order valence-electron chi connectivity index (χ2n) is 6.87. The Kier molecular flexibility index (Phi) is 7.24. The summed E-state index contributed by atoms with van der Waals surface area (Å²) in [6.07, 6.45) is 8.38. The van der Waals surface area contributed by atoms with Gasteiger partial charge in [-0.1, -0.05) is 81.3 Å². The molecular formula is C23H30O. The summed E-state index contributed by atoms with van der Waals surface area (Å²) in [5, 5.41) is 0. The van der Waals surface area contributed by atoms with Crippen molar-refractivity contribution in [2.75, 3.05) is 0 Å². The first-order valence-electron chi connectivity index (χ1n) is 9.30. The first kappa shape index (κ1) is 18.4. The minimum atomic E-state index is -0.143. The normalized spacial score (nSPS) is 13.4. The van der Waals surface area contributed by atoms with Crippen LogP contribution in [0.25, 0.3) is 0 Å². The SMILES string of the molecule is CCCCC(C=O)(CC)CCc1ccccc1Cc1ccccc1. The molecule has 1 heteroatoms. The highest BCUT2D eigenvalue weighted by atomic mass is 16.1. The lowest BCUT2D eigenvalue weighted by Crippen LogP contribution is -2.23. The Morgan fingerprint density at radius 3 is 2.17 bits per heavy atom. The number of aryl methyl sites for hydroxylation is 1. The molecular weight excluding hydrogens is 292 g/mol. The summed E-state index contributed by atoms with van der Waals surface area (Å²) < 4.78 is 0. The molecule has 0 aliphatic carbocycles. The molecule has 0 heterocycles. The molecule has 1 unspecified atom stereocenters. The highest BCUT2D eigenvalue weighted by Crippen LogP contribution is 2.32. The fourth-order valence-electron chi connectivity index (χ4n) is 3.38. The van der Waals surface area contributed by atoms with Crippen molar-refractivity contribution in [1.82, 2.24) is 0 Å². The predicted octanol–water partition coefficient (Wildman–Crippen LogP) is 6.00. The number of hydrogen-bond donors (Lipinski definition) is 0. The molecule has 0 radical (unpaired) electrons. The van der Waals surface area contributed by atoms with Gasteiger partial charge in [0.1, 0.15) is 6.29 Å². The van der Waals surface area contributed by atoms with Crippen LogP contribution in [0.5, 0.6) is 0 Å². The van der Waals surface area contributed by atoms with Crippen LogP contribution < -0.4 is 0 Å². The van der Waals surface area contributed by atoms with Crippen molar-refractivity contribution in [2.24, 2.45) is 5.41 Å². The smallest absolute Gasteiger partial charge is 0.126 e. The molecule has 2 aromatic rings. The maximum atomic E-state index is 11.8. The van der Waals surface area contributed by atoms with E-state index in [1.165, 1.54) is 23.0 Å². The lowest BCUT2D eigenvalue weighted by atomic mass is 9.76. The molecule has 0 fully saturated rings. The lowest BCUT2D eigenvalue weighted by molar-refractivity contribution is -0.117. The van der Waals surface area contributed by atoms with E-state index in [1.807, 2.05) is 0 Å². The summed E-state index contributed by atoms with van der Waals surface area (Å²) in [6.45, 7) is 4.35. The van der Waals surface area contributed by atoms with Gasteiger partial charge in [-0.05, 0) is 48.8 Å². The zero-order valence-electron chi connectivity index (χ0n) is 15.1. The second kappa shape index (κ2) is 9.42. The Morgan fingerprint density at radius 1 is 0.875 bits per heavy atom. The number of unbranched alkanes of at least 4 members (excludes halogenated alkanes) is 1. The van der Waals surface area contributed by atoms with E-state index in [0.29, 0.717) is 0 Å². The molecule has 0 saturated carbocycles. The maximum absolute atomic E-state index is 11.8. The monoisotopic (exact) mass is 322 g/mol. The van der Waals surface area contributed by atoms with Crippen molar-refractivity contribution in [3.63, 3.8) is 0 Å². The van der Waals surface area contributed by atoms with E-state index in [-0.39, 0.29) is 5.41 Å². The zero-order chi connectivity index (χ0) is 17.3. The van der Waals surface area contributed by atoms with Crippen LogP contribution in [0.3, 0.4) is 0 Å². The van der Waals surface area contributed by atoms with E-state index in [9.17, 15) is 4.79 Å². The first-order chi connectivity index (χ1) is 11.7. The van der Waals surface area contributed by atoms with Crippen molar-refractivity contribution in [1.29, 1.82) is 0 Å². The van der Waals surface area contributed by atoms with Gasteiger partial charge < -0.3 is 4.79 Å². The van der Waals surface area contributed by atoms with Gasteiger partial charge in [0.25, 0.3) is 0 Å². The van der Waals surface area contributed by atoms with Gasteiger partial charge in [-0.15, -0.1) is 0 Å². The van der Waals surface area contributed by atoms with Crippen LogP contribution in [0, 0.1) is 5.41 Å². The summed E-state index contributed by atoms with van der Waals surface area (Å²) >= 11 is 0. The Balaban J connectivity index is 2.10. The van der Waals surface area contributed by atoms with Gasteiger partial charge >= 0.3 is 0 Å². The van der Waals surface area contributed by atoms with Crippen molar-refractivity contribution < 1.29 is 4.79 Å². The minimum Gasteiger partial charge on any atom is -0.303 e. The summed E-state index contributed by atoms with van der Waals surface area (Å²) in [4.78, 5) is 11.8. The summed E-state index contributed by atoms with van der Waals surface area (Å²) in [7, 11) is 0. The highest BCUT2D eigenvalue weighted by Gasteiger charge is 2.26. The van der Waals surface area contributed by atoms with Crippen molar-refractivity contribution >= 4 is 6.29 Å². The van der Waals surface area contributed by atoms with E-state index in [1.54, 1.807) is 0 Å². The number of carbonyl (C=O) groups is 1. The topological polar surface area (TPSA) is 17.1 Å². The van der Waals surface area contributed by atoms with E-state index in [0.717, 1.165) is 44.9 Å². The summed E-state index contributed by atoms with van der Waals surface area (Å²) in [5.41, 5.74) is 3.97. The summed E-state index contributed by atoms with van der Waals surface area (Å²) in [6, 6.07) is 19.3. The number of rotatable bonds is 10. The molecule has 0 bridgehead atoms. The Bertz CT molecular complexity index is 617. The molecule has 1 nitrogen and oxygen atoms in total. The molecule has 24 heavy (non-hydrogen) atoms. The van der Waals surface area contributed by atoms with Gasteiger partial charge in [-0.3, -0.25) is 0 Å². The Labute approximate surface area is 147 Å².